The lowest BCUT2D eigenvalue weighted by molar-refractivity contribution is 0.171. The average molecular weight is 382 g/mol. The molecule has 3 aromatic heterocycles. The minimum absolute atomic E-state index is 0.554. The molecular weight excluding hydrogens is 364 g/mol. The van der Waals surface area contributed by atoms with E-state index in [2.05, 4.69) is 34.2 Å². The van der Waals surface area contributed by atoms with Gasteiger partial charge in [-0.2, -0.15) is 14.7 Å². The van der Waals surface area contributed by atoms with Crippen LogP contribution in [0, 0.1) is 5.92 Å². The lowest BCUT2D eigenvalue weighted by Gasteiger charge is -2.18. The first kappa shape index (κ1) is 16.2. The summed E-state index contributed by atoms with van der Waals surface area (Å²) in [5, 5.41) is 21.5. The molecule has 0 bridgehead atoms. The fourth-order valence-electron chi connectivity index (χ4n) is 3.09. The number of ether oxygens (including phenoxy) is 2. The van der Waals surface area contributed by atoms with Crippen LogP contribution >= 0.6 is 11.3 Å². The van der Waals surface area contributed by atoms with Crippen LogP contribution in [-0.2, 0) is 6.42 Å². The molecular formula is C18H18N6O2S. The molecule has 0 unspecified atom stereocenters. The molecule has 0 radical (unpaired) electrons. The molecule has 4 aromatic rings. The maximum atomic E-state index is 5.67. The van der Waals surface area contributed by atoms with Gasteiger partial charge in [0, 0.05) is 11.3 Å². The highest BCUT2D eigenvalue weighted by molar-refractivity contribution is 7.19. The fraction of sp³-hybridized carbons (Fsp3) is 0.333. The summed E-state index contributed by atoms with van der Waals surface area (Å²) >= 11 is 1.48. The van der Waals surface area contributed by atoms with Crippen molar-refractivity contribution in [1.82, 2.24) is 30.0 Å². The topological polar surface area (TPSA) is 90.2 Å². The maximum absolute atomic E-state index is 5.67. The van der Waals surface area contributed by atoms with Gasteiger partial charge >= 0.3 is 0 Å². The van der Waals surface area contributed by atoms with Crippen LogP contribution in [0.2, 0.25) is 0 Å². The van der Waals surface area contributed by atoms with E-state index in [-0.39, 0.29) is 0 Å². The Balaban J connectivity index is 1.51. The molecule has 0 spiro atoms. The Morgan fingerprint density at radius 3 is 2.85 bits per heavy atom. The van der Waals surface area contributed by atoms with E-state index < -0.39 is 0 Å². The SMILES string of the molecule is CC(C)Cc1cc(-c2nnc3sc(-c4ccc5c(c4)OCCO5)nn23)n[nH]1. The Morgan fingerprint density at radius 1 is 1.15 bits per heavy atom. The highest BCUT2D eigenvalue weighted by Crippen LogP contribution is 2.36. The van der Waals surface area contributed by atoms with E-state index in [9.17, 15) is 0 Å². The highest BCUT2D eigenvalue weighted by atomic mass is 32.1. The second kappa shape index (κ2) is 6.34. The molecule has 0 atom stereocenters. The Bertz CT molecular complexity index is 1110. The Hall–Kier alpha value is -2.94. The zero-order valence-corrected chi connectivity index (χ0v) is 15.8. The second-order valence-corrected chi connectivity index (χ2v) is 7.82. The largest absolute Gasteiger partial charge is 0.486 e. The van der Waals surface area contributed by atoms with E-state index in [0.717, 1.165) is 44.8 Å². The van der Waals surface area contributed by atoms with Gasteiger partial charge in [0.05, 0.1) is 0 Å². The summed E-state index contributed by atoms with van der Waals surface area (Å²) in [6, 6.07) is 7.86. The fourth-order valence-corrected chi connectivity index (χ4v) is 3.93. The molecule has 1 aliphatic heterocycles. The molecule has 138 valence electrons. The number of hydrogen-bond donors (Lipinski definition) is 1. The van der Waals surface area contributed by atoms with Crippen LogP contribution in [0.15, 0.2) is 24.3 Å². The first-order chi connectivity index (χ1) is 13.2. The van der Waals surface area contributed by atoms with Gasteiger partial charge in [-0.3, -0.25) is 5.10 Å². The maximum Gasteiger partial charge on any atom is 0.235 e. The van der Waals surface area contributed by atoms with Crippen molar-refractivity contribution in [2.45, 2.75) is 20.3 Å². The molecule has 0 amide bonds. The normalized spacial score (nSPS) is 13.6. The minimum Gasteiger partial charge on any atom is -0.486 e. The number of fused-ring (bicyclic) bond motifs is 2. The standard InChI is InChI=1S/C18H18N6O2S/c1-10(2)7-12-9-13(20-19-12)16-21-22-18-24(16)23-17(27-18)11-3-4-14-15(8-11)26-6-5-25-14/h3-4,8-10H,5-7H2,1-2H3,(H,19,20). The number of nitrogens with zero attached hydrogens (tertiary/aromatic N) is 5. The lowest BCUT2D eigenvalue weighted by atomic mass is 10.1. The van der Waals surface area contributed by atoms with Gasteiger partial charge in [-0.25, -0.2) is 0 Å². The molecule has 27 heavy (non-hydrogen) atoms. The van der Waals surface area contributed by atoms with Crippen LogP contribution in [0.25, 0.3) is 27.1 Å². The van der Waals surface area contributed by atoms with Crippen molar-refractivity contribution < 1.29 is 9.47 Å². The van der Waals surface area contributed by atoms with Crippen LogP contribution < -0.4 is 9.47 Å². The molecule has 1 N–H and O–H groups in total. The van der Waals surface area contributed by atoms with Gasteiger partial charge in [0.25, 0.3) is 0 Å². The average Bonchev–Trinajstić information content (AvgIpc) is 3.36. The third-order valence-corrected chi connectivity index (χ3v) is 5.22. The molecule has 0 saturated carbocycles. The van der Waals surface area contributed by atoms with Crippen molar-refractivity contribution in [3.8, 4) is 33.6 Å². The summed E-state index contributed by atoms with van der Waals surface area (Å²) in [5.41, 5.74) is 2.79. The molecule has 9 heteroatoms. The summed E-state index contributed by atoms with van der Waals surface area (Å²) in [6.07, 6.45) is 0.939. The van der Waals surface area contributed by atoms with E-state index in [1.807, 2.05) is 24.3 Å². The molecule has 1 aromatic carbocycles. The number of aromatic amines is 1. The molecule has 0 fully saturated rings. The van der Waals surface area contributed by atoms with Gasteiger partial charge in [-0.15, -0.1) is 10.2 Å². The molecule has 1 aliphatic rings. The Kier molecular flexibility index (Phi) is 3.82. The van der Waals surface area contributed by atoms with Crippen LogP contribution in [0.5, 0.6) is 11.5 Å². The van der Waals surface area contributed by atoms with Crippen molar-refractivity contribution in [1.29, 1.82) is 0 Å². The van der Waals surface area contributed by atoms with Crippen LogP contribution in [0.4, 0.5) is 0 Å². The predicted octanol–water partition coefficient (Wildman–Crippen LogP) is 3.21. The lowest BCUT2D eigenvalue weighted by Crippen LogP contribution is -2.15. The van der Waals surface area contributed by atoms with Gasteiger partial charge in [0.15, 0.2) is 11.5 Å². The monoisotopic (exact) mass is 382 g/mol. The highest BCUT2D eigenvalue weighted by Gasteiger charge is 2.19. The smallest absolute Gasteiger partial charge is 0.235 e. The van der Waals surface area contributed by atoms with E-state index in [4.69, 9.17) is 14.6 Å². The molecule has 0 aliphatic carbocycles. The zero-order chi connectivity index (χ0) is 18.4. The quantitative estimate of drug-likeness (QED) is 0.583. The van der Waals surface area contributed by atoms with Gasteiger partial charge in [0.1, 0.15) is 23.9 Å². The van der Waals surface area contributed by atoms with E-state index in [1.165, 1.54) is 11.3 Å². The number of aromatic nitrogens is 6. The molecule has 8 nitrogen and oxygen atoms in total. The Labute approximate surface area is 159 Å². The van der Waals surface area contributed by atoms with Gasteiger partial charge < -0.3 is 9.47 Å². The van der Waals surface area contributed by atoms with Gasteiger partial charge in [-0.1, -0.05) is 25.2 Å². The van der Waals surface area contributed by atoms with Crippen LogP contribution in [0.1, 0.15) is 19.5 Å². The molecule has 4 heterocycles. The summed E-state index contributed by atoms with van der Waals surface area (Å²) in [6.45, 7) is 5.49. The number of hydrogen-bond acceptors (Lipinski definition) is 7. The first-order valence-electron chi connectivity index (χ1n) is 8.84. The van der Waals surface area contributed by atoms with Crippen molar-refractivity contribution in [3.05, 3.63) is 30.0 Å². The molecule has 5 rings (SSSR count). The summed E-state index contributed by atoms with van der Waals surface area (Å²) in [7, 11) is 0. The zero-order valence-electron chi connectivity index (χ0n) is 15.0. The van der Waals surface area contributed by atoms with E-state index in [1.54, 1.807) is 4.52 Å². The van der Waals surface area contributed by atoms with Gasteiger partial charge in [0.2, 0.25) is 10.8 Å². The van der Waals surface area contributed by atoms with Crippen molar-refractivity contribution in [3.63, 3.8) is 0 Å². The van der Waals surface area contributed by atoms with E-state index in [0.29, 0.717) is 25.0 Å². The van der Waals surface area contributed by atoms with Crippen LogP contribution in [0.3, 0.4) is 0 Å². The summed E-state index contributed by atoms with van der Waals surface area (Å²) in [5.74, 6) is 2.70. The Morgan fingerprint density at radius 2 is 2.00 bits per heavy atom. The first-order valence-corrected chi connectivity index (χ1v) is 9.66. The van der Waals surface area contributed by atoms with Crippen molar-refractivity contribution >= 4 is 16.3 Å². The number of nitrogens with one attached hydrogen (secondary N) is 1. The molecule has 0 saturated heterocycles. The third-order valence-electron chi connectivity index (χ3n) is 4.27. The second-order valence-electron chi connectivity index (χ2n) is 6.86. The number of H-pyrrole nitrogens is 1. The number of benzene rings is 1. The third kappa shape index (κ3) is 2.93. The van der Waals surface area contributed by atoms with Crippen LogP contribution in [-0.4, -0.2) is 43.2 Å². The predicted molar refractivity (Wildman–Crippen MR) is 101 cm³/mol. The minimum atomic E-state index is 0.554. The summed E-state index contributed by atoms with van der Waals surface area (Å²) in [4.78, 5) is 0.725. The van der Waals surface area contributed by atoms with Gasteiger partial charge in [-0.05, 0) is 36.6 Å². The van der Waals surface area contributed by atoms with Crippen molar-refractivity contribution in [2.75, 3.05) is 13.2 Å². The number of rotatable bonds is 4. The van der Waals surface area contributed by atoms with E-state index >= 15 is 0 Å². The van der Waals surface area contributed by atoms with Crippen molar-refractivity contribution in [2.24, 2.45) is 5.92 Å². The summed E-state index contributed by atoms with van der Waals surface area (Å²) < 4.78 is 13.0.